The molecule has 2 saturated heterocycles. The SMILES string of the molecule is CCOc1cc(C2c3sc(=O)[nH]c3SC3C(=O)N(c4ccc(Br)cc4)C(=O)C32)ccc1OCC(=O)N1CCCCC1. The van der Waals surface area contributed by atoms with E-state index in [0.29, 0.717) is 28.8 Å². The second-order valence-corrected chi connectivity index (χ2v) is 13.2. The summed E-state index contributed by atoms with van der Waals surface area (Å²) in [5.41, 5.74) is 1.24. The highest BCUT2D eigenvalue weighted by molar-refractivity contribution is 9.10. The third kappa shape index (κ3) is 5.32. The van der Waals surface area contributed by atoms with Crippen molar-refractivity contribution in [1.29, 1.82) is 0 Å². The number of anilines is 1. The van der Waals surface area contributed by atoms with Crippen molar-refractivity contribution >= 4 is 62.4 Å². The Balaban J connectivity index is 1.34. The number of thiazole rings is 1. The summed E-state index contributed by atoms with van der Waals surface area (Å²) in [5, 5.41) is -0.0852. The predicted octanol–water partition coefficient (Wildman–Crippen LogP) is 4.78. The van der Waals surface area contributed by atoms with Crippen molar-refractivity contribution in [1.82, 2.24) is 9.88 Å². The maximum absolute atomic E-state index is 13.9. The highest BCUT2D eigenvalue weighted by Gasteiger charge is 2.56. The van der Waals surface area contributed by atoms with Crippen LogP contribution in [-0.2, 0) is 14.4 Å². The lowest BCUT2D eigenvalue weighted by molar-refractivity contribution is -0.134. The van der Waals surface area contributed by atoms with Crippen LogP contribution in [-0.4, -0.2) is 59.2 Å². The van der Waals surface area contributed by atoms with Crippen LogP contribution in [0.4, 0.5) is 5.69 Å². The summed E-state index contributed by atoms with van der Waals surface area (Å²) in [5.74, 6) is -1.06. The van der Waals surface area contributed by atoms with Crippen LogP contribution in [0.25, 0.3) is 0 Å². The average molecular weight is 659 g/mol. The van der Waals surface area contributed by atoms with E-state index in [1.165, 1.54) is 16.7 Å². The number of thioether (sulfide) groups is 1. The minimum atomic E-state index is -0.711. The van der Waals surface area contributed by atoms with E-state index in [9.17, 15) is 19.2 Å². The van der Waals surface area contributed by atoms with E-state index in [4.69, 9.17) is 9.47 Å². The molecule has 1 aromatic heterocycles. The molecule has 0 saturated carbocycles. The van der Waals surface area contributed by atoms with Gasteiger partial charge in [-0.05, 0) is 68.1 Å². The highest BCUT2D eigenvalue weighted by Crippen LogP contribution is 2.53. The lowest BCUT2D eigenvalue weighted by Crippen LogP contribution is -2.38. The number of hydrogen-bond acceptors (Lipinski definition) is 8. The van der Waals surface area contributed by atoms with E-state index in [-0.39, 0.29) is 29.2 Å². The lowest BCUT2D eigenvalue weighted by atomic mass is 9.83. The predicted molar refractivity (Wildman–Crippen MR) is 160 cm³/mol. The molecule has 2 aromatic carbocycles. The maximum Gasteiger partial charge on any atom is 0.305 e. The van der Waals surface area contributed by atoms with E-state index in [1.54, 1.807) is 36.4 Å². The Morgan fingerprint density at radius 3 is 2.49 bits per heavy atom. The molecule has 0 bridgehead atoms. The summed E-state index contributed by atoms with van der Waals surface area (Å²) in [6, 6.07) is 12.4. The van der Waals surface area contributed by atoms with Crippen molar-refractivity contribution in [2.75, 3.05) is 31.2 Å². The first-order valence-electron chi connectivity index (χ1n) is 13.6. The molecule has 3 aliphatic rings. The molecule has 0 radical (unpaired) electrons. The monoisotopic (exact) mass is 657 g/mol. The van der Waals surface area contributed by atoms with Crippen LogP contribution in [0.15, 0.2) is 56.8 Å². The number of halogens is 1. The molecule has 41 heavy (non-hydrogen) atoms. The van der Waals surface area contributed by atoms with Gasteiger partial charge in [0.25, 0.3) is 5.91 Å². The number of imide groups is 1. The summed E-state index contributed by atoms with van der Waals surface area (Å²) in [4.78, 5) is 59.1. The Bertz CT molecular complexity index is 1550. The topological polar surface area (TPSA) is 109 Å². The smallest absolute Gasteiger partial charge is 0.305 e. The number of piperidine rings is 1. The Kier molecular flexibility index (Phi) is 7.97. The third-order valence-corrected chi connectivity index (χ3v) is 10.5. The summed E-state index contributed by atoms with van der Waals surface area (Å²) < 4.78 is 12.7. The number of rotatable bonds is 7. The quantitative estimate of drug-likeness (QED) is 0.364. The second-order valence-electron chi connectivity index (χ2n) is 10.1. The molecule has 3 aliphatic heterocycles. The number of aromatic nitrogens is 1. The van der Waals surface area contributed by atoms with Crippen LogP contribution in [0, 0.1) is 5.92 Å². The van der Waals surface area contributed by atoms with Crippen LogP contribution in [0.5, 0.6) is 11.5 Å². The molecule has 0 spiro atoms. The number of H-pyrrole nitrogens is 1. The number of carbonyl (C=O) groups is 3. The molecule has 1 N–H and O–H groups in total. The summed E-state index contributed by atoms with van der Waals surface area (Å²) in [6.45, 7) is 3.61. The molecular formula is C29H28BrN3O6S2. The molecule has 214 valence electrons. The minimum Gasteiger partial charge on any atom is -0.490 e. The number of fused-ring (bicyclic) bond motifs is 2. The van der Waals surface area contributed by atoms with Gasteiger partial charge in [0.15, 0.2) is 18.1 Å². The molecule has 3 amide bonds. The molecule has 0 aliphatic carbocycles. The molecule has 6 rings (SSSR count). The van der Waals surface area contributed by atoms with Crippen molar-refractivity contribution in [3.05, 3.63) is 67.0 Å². The number of carbonyl (C=O) groups excluding carboxylic acids is 3. The van der Waals surface area contributed by atoms with Gasteiger partial charge in [0, 0.05) is 28.4 Å². The number of aromatic amines is 1. The standard InChI is InChI=1S/C29H28BrN3O6S2/c1-2-38-20-14-16(6-11-19(20)39-15-21(34)32-12-4-3-5-13-32)22-23-25(40-26-24(22)41-29(37)31-26)28(36)33(27(23)35)18-9-7-17(30)8-10-18/h6-11,14,22-23,25H,2-5,12-13,15H2,1H3,(H,31,37). The van der Waals surface area contributed by atoms with Crippen molar-refractivity contribution < 1.29 is 23.9 Å². The fraction of sp³-hybridized carbons (Fsp3) is 0.379. The summed E-state index contributed by atoms with van der Waals surface area (Å²) in [6.07, 6.45) is 3.13. The van der Waals surface area contributed by atoms with Gasteiger partial charge in [-0.25, -0.2) is 4.90 Å². The zero-order valence-corrected chi connectivity index (χ0v) is 25.5. The number of benzene rings is 2. The lowest BCUT2D eigenvalue weighted by Gasteiger charge is -2.30. The maximum atomic E-state index is 13.9. The Morgan fingerprint density at radius 2 is 1.76 bits per heavy atom. The normalized spacial score (nSPS) is 22.0. The van der Waals surface area contributed by atoms with Gasteiger partial charge in [-0.1, -0.05) is 45.1 Å². The van der Waals surface area contributed by atoms with Crippen LogP contribution >= 0.6 is 39.0 Å². The molecular weight excluding hydrogens is 630 g/mol. The second kappa shape index (κ2) is 11.7. The number of nitrogens with one attached hydrogen (secondary N) is 1. The van der Waals surface area contributed by atoms with E-state index in [0.717, 1.165) is 58.6 Å². The number of amides is 3. The van der Waals surface area contributed by atoms with Gasteiger partial charge < -0.3 is 19.4 Å². The number of ether oxygens (including phenoxy) is 2. The number of likely N-dealkylation sites (tertiary alicyclic amines) is 1. The van der Waals surface area contributed by atoms with E-state index >= 15 is 0 Å². The molecule has 12 heteroatoms. The van der Waals surface area contributed by atoms with Crippen molar-refractivity contribution in [3.63, 3.8) is 0 Å². The minimum absolute atomic E-state index is 0.0618. The fourth-order valence-electron chi connectivity index (χ4n) is 5.70. The summed E-state index contributed by atoms with van der Waals surface area (Å²) in [7, 11) is 0. The first-order valence-corrected chi connectivity index (χ1v) is 16.0. The highest BCUT2D eigenvalue weighted by atomic mass is 79.9. The summed E-state index contributed by atoms with van der Waals surface area (Å²) >= 11 is 5.70. The van der Waals surface area contributed by atoms with Crippen LogP contribution < -0.4 is 19.2 Å². The van der Waals surface area contributed by atoms with Gasteiger partial charge in [-0.15, -0.1) is 0 Å². The van der Waals surface area contributed by atoms with Gasteiger partial charge in [-0.3, -0.25) is 19.2 Å². The molecule has 3 atom stereocenters. The molecule has 3 unspecified atom stereocenters. The van der Waals surface area contributed by atoms with Gasteiger partial charge in [-0.2, -0.15) is 0 Å². The van der Waals surface area contributed by atoms with Crippen LogP contribution in [0.2, 0.25) is 0 Å². The number of hydrogen-bond donors (Lipinski definition) is 1. The van der Waals surface area contributed by atoms with E-state index in [1.807, 2.05) is 17.9 Å². The van der Waals surface area contributed by atoms with Gasteiger partial charge in [0.2, 0.25) is 11.8 Å². The van der Waals surface area contributed by atoms with Crippen molar-refractivity contribution in [3.8, 4) is 11.5 Å². The Labute approximate surface area is 253 Å². The van der Waals surface area contributed by atoms with E-state index in [2.05, 4.69) is 20.9 Å². The molecule has 3 aromatic rings. The van der Waals surface area contributed by atoms with Gasteiger partial charge in [0.05, 0.1) is 23.2 Å². The fourth-order valence-corrected chi connectivity index (χ4v) is 8.48. The zero-order chi connectivity index (χ0) is 28.7. The first-order chi connectivity index (χ1) is 19.9. The van der Waals surface area contributed by atoms with E-state index < -0.39 is 17.1 Å². The largest absolute Gasteiger partial charge is 0.490 e. The average Bonchev–Trinajstić information content (AvgIpc) is 3.47. The number of nitrogens with zero attached hydrogens (tertiary/aromatic N) is 2. The molecule has 4 heterocycles. The van der Waals surface area contributed by atoms with Crippen LogP contribution in [0.1, 0.15) is 42.5 Å². The van der Waals surface area contributed by atoms with Crippen molar-refractivity contribution in [2.45, 2.75) is 42.4 Å². The first kappa shape index (κ1) is 28.0. The van der Waals surface area contributed by atoms with Gasteiger partial charge in [0.1, 0.15) is 5.25 Å². The molecule has 2 fully saturated rings. The van der Waals surface area contributed by atoms with Crippen molar-refractivity contribution in [2.24, 2.45) is 5.92 Å². The van der Waals surface area contributed by atoms with Gasteiger partial charge >= 0.3 is 4.87 Å². The van der Waals surface area contributed by atoms with Crippen LogP contribution in [0.3, 0.4) is 0 Å². The Morgan fingerprint density at radius 1 is 1.00 bits per heavy atom. The zero-order valence-electron chi connectivity index (χ0n) is 22.3. The Hall–Kier alpha value is -3.09. The third-order valence-electron chi connectivity index (χ3n) is 7.60. The molecule has 9 nitrogen and oxygen atoms in total.